The number of carbonyl (C=O) groups excluding carboxylic acids is 2. The van der Waals surface area contributed by atoms with Crippen molar-refractivity contribution in [2.24, 2.45) is 4.99 Å². The molecule has 3 aromatic carbocycles. The monoisotopic (exact) mass is 749 g/mol. The molecule has 3 amide bonds. The highest BCUT2D eigenvalue weighted by atomic mass is 35.5. The number of benzene rings is 3. The van der Waals surface area contributed by atoms with Crippen molar-refractivity contribution in [3.8, 4) is 5.75 Å². The number of urea groups is 1. The molecule has 5 rings (SSSR count). The molecule has 1 saturated heterocycles. The van der Waals surface area contributed by atoms with Gasteiger partial charge in [0.1, 0.15) is 17.6 Å². The van der Waals surface area contributed by atoms with E-state index in [1.54, 1.807) is 65.3 Å². The molecule has 274 valence electrons. The minimum atomic E-state index is -4.62. The Bertz CT molecular complexity index is 1680. The number of amidine groups is 1. The first-order valence-electron chi connectivity index (χ1n) is 16.7. The minimum absolute atomic E-state index is 0.0119. The van der Waals surface area contributed by atoms with E-state index in [4.69, 9.17) is 32.9 Å². The summed E-state index contributed by atoms with van der Waals surface area (Å²) in [6, 6.07) is 15.2. The number of piperidine rings is 1. The van der Waals surface area contributed by atoms with Crippen molar-refractivity contribution in [3.05, 3.63) is 99.0 Å². The molecule has 0 aromatic heterocycles. The lowest BCUT2D eigenvalue weighted by atomic mass is 9.93. The van der Waals surface area contributed by atoms with Crippen LogP contribution in [0.3, 0.4) is 0 Å². The molecule has 0 spiro atoms. The van der Waals surface area contributed by atoms with E-state index in [-0.39, 0.29) is 81.6 Å². The number of aliphatic hydroxyl groups excluding tert-OH is 2. The second-order valence-electron chi connectivity index (χ2n) is 12.3. The van der Waals surface area contributed by atoms with Crippen LogP contribution in [0.5, 0.6) is 5.75 Å². The lowest BCUT2D eigenvalue weighted by Crippen LogP contribution is -2.53. The minimum Gasteiger partial charge on any atom is -0.493 e. The zero-order valence-electron chi connectivity index (χ0n) is 28.0. The number of nitrogens with zero attached hydrogens (tertiary/aromatic N) is 4. The molecule has 51 heavy (non-hydrogen) atoms. The van der Waals surface area contributed by atoms with E-state index < -0.39 is 29.9 Å². The fourth-order valence-electron chi connectivity index (χ4n) is 6.41. The van der Waals surface area contributed by atoms with E-state index in [9.17, 15) is 33.0 Å². The zero-order valence-corrected chi connectivity index (χ0v) is 29.5. The number of aliphatic imine (C=N–C) groups is 1. The molecule has 2 atom stereocenters. The van der Waals surface area contributed by atoms with Crippen molar-refractivity contribution in [2.45, 2.75) is 44.1 Å². The summed E-state index contributed by atoms with van der Waals surface area (Å²) in [6.45, 7) is 2.52. The highest BCUT2D eigenvalue weighted by Gasteiger charge is 2.45. The Morgan fingerprint density at radius 2 is 1.53 bits per heavy atom. The van der Waals surface area contributed by atoms with Crippen LogP contribution in [0.1, 0.15) is 54.1 Å². The second kappa shape index (κ2) is 17.1. The van der Waals surface area contributed by atoms with Crippen LogP contribution in [0.2, 0.25) is 10.0 Å². The normalized spacial score (nSPS) is 18.3. The largest absolute Gasteiger partial charge is 0.493 e. The van der Waals surface area contributed by atoms with E-state index in [1.165, 1.54) is 11.0 Å². The number of rotatable bonds is 12. The van der Waals surface area contributed by atoms with Gasteiger partial charge < -0.3 is 25.2 Å². The van der Waals surface area contributed by atoms with Crippen LogP contribution in [-0.2, 0) is 11.0 Å². The van der Waals surface area contributed by atoms with E-state index >= 15 is 0 Å². The molecule has 2 unspecified atom stereocenters. The first kappa shape index (κ1) is 38.4. The number of aliphatic hydroxyl groups is 2. The maximum absolute atomic E-state index is 14.7. The van der Waals surface area contributed by atoms with Crippen LogP contribution in [-0.4, -0.2) is 101 Å². The lowest BCUT2D eigenvalue weighted by molar-refractivity contribution is -0.137. The van der Waals surface area contributed by atoms with Crippen molar-refractivity contribution in [3.63, 3.8) is 0 Å². The molecule has 2 aliphatic rings. The van der Waals surface area contributed by atoms with Gasteiger partial charge in [0.25, 0.3) is 0 Å². The average Bonchev–Trinajstić information content (AvgIpc) is 3.49. The lowest BCUT2D eigenvalue weighted by Gasteiger charge is -2.38. The van der Waals surface area contributed by atoms with Gasteiger partial charge in [-0.2, -0.15) is 13.2 Å². The summed E-state index contributed by atoms with van der Waals surface area (Å²) in [5.74, 6) is -0.163. The highest BCUT2D eigenvalue weighted by Crippen LogP contribution is 2.46. The number of likely N-dealkylation sites (tertiary alicyclic amines) is 1. The summed E-state index contributed by atoms with van der Waals surface area (Å²) in [4.78, 5) is 37.4. The molecule has 2 heterocycles. The molecule has 2 aliphatic heterocycles. The van der Waals surface area contributed by atoms with E-state index in [1.807, 2.05) is 0 Å². The van der Waals surface area contributed by atoms with E-state index in [0.717, 1.165) is 17.7 Å². The quantitative estimate of drug-likeness (QED) is 0.211. The SMILES string of the molecule is CCOc1cc(C(F)(F)F)ccc1C1=NC(c2ccc(Cl)cc2)C(c2ccc(Cl)cc2)N1C(=O)N1CCC(NC(=O)CN(CCO)CCO)CC1. The molecule has 15 heteroatoms. The third-order valence-electron chi connectivity index (χ3n) is 8.88. The average molecular weight is 751 g/mol. The van der Waals surface area contributed by atoms with Gasteiger partial charge in [-0.15, -0.1) is 0 Å². The van der Waals surface area contributed by atoms with Gasteiger partial charge in [-0.1, -0.05) is 47.5 Å². The smallest absolute Gasteiger partial charge is 0.416 e. The molecule has 0 radical (unpaired) electrons. The summed E-state index contributed by atoms with van der Waals surface area (Å²) in [6.07, 6.45) is -3.71. The molecule has 0 aliphatic carbocycles. The number of hydrogen-bond donors (Lipinski definition) is 3. The van der Waals surface area contributed by atoms with Crippen molar-refractivity contribution in [2.75, 3.05) is 52.5 Å². The topological polar surface area (TPSA) is 118 Å². The molecule has 0 saturated carbocycles. The van der Waals surface area contributed by atoms with Crippen LogP contribution in [0, 0.1) is 0 Å². The van der Waals surface area contributed by atoms with Gasteiger partial charge in [0, 0.05) is 42.3 Å². The Labute approximate surface area is 304 Å². The number of hydrogen-bond acceptors (Lipinski definition) is 7. The number of amides is 3. The number of ether oxygens (including phenoxy) is 1. The van der Waals surface area contributed by atoms with Gasteiger partial charge in [-0.3, -0.25) is 19.6 Å². The fourth-order valence-corrected chi connectivity index (χ4v) is 6.66. The maximum Gasteiger partial charge on any atom is 0.416 e. The van der Waals surface area contributed by atoms with Gasteiger partial charge in [0.15, 0.2) is 0 Å². The fraction of sp³-hybridized carbons (Fsp3) is 0.417. The molecule has 1 fully saturated rings. The summed E-state index contributed by atoms with van der Waals surface area (Å²) in [7, 11) is 0. The van der Waals surface area contributed by atoms with Gasteiger partial charge in [-0.25, -0.2) is 4.79 Å². The van der Waals surface area contributed by atoms with Gasteiger partial charge >= 0.3 is 12.2 Å². The van der Waals surface area contributed by atoms with Crippen molar-refractivity contribution in [1.82, 2.24) is 20.0 Å². The Morgan fingerprint density at radius 3 is 2.08 bits per heavy atom. The zero-order chi connectivity index (χ0) is 36.7. The Balaban J connectivity index is 1.50. The van der Waals surface area contributed by atoms with Gasteiger partial charge in [0.05, 0.1) is 43.5 Å². The van der Waals surface area contributed by atoms with E-state index in [2.05, 4.69) is 5.32 Å². The molecule has 10 nitrogen and oxygen atoms in total. The molecular formula is C36H40Cl2F3N5O5. The maximum atomic E-state index is 14.7. The van der Waals surface area contributed by atoms with Gasteiger partial charge in [0.2, 0.25) is 5.91 Å². The number of alkyl halides is 3. The third-order valence-corrected chi connectivity index (χ3v) is 9.38. The summed E-state index contributed by atoms with van der Waals surface area (Å²) < 4.78 is 47.2. The Morgan fingerprint density at radius 1 is 0.941 bits per heavy atom. The van der Waals surface area contributed by atoms with Crippen LogP contribution in [0.25, 0.3) is 0 Å². The Hall–Kier alpha value is -3.88. The number of halogens is 5. The van der Waals surface area contributed by atoms with Gasteiger partial charge in [-0.05, 0) is 73.4 Å². The Kier molecular flexibility index (Phi) is 12.9. The van der Waals surface area contributed by atoms with Crippen LogP contribution < -0.4 is 10.1 Å². The molecule has 3 N–H and O–H groups in total. The second-order valence-corrected chi connectivity index (χ2v) is 13.2. The summed E-state index contributed by atoms with van der Waals surface area (Å²) >= 11 is 12.5. The predicted molar refractivity (Wildman–Crippen MR) is 188 cm³/mol. The predicted octanol–water partition coefficient (Wildman–Crippen LogP) is 5.94. The molecule has 0 bridgehead atoms. The van der Waals surface area contributed by atoms with Crippen LogP contribution in [0.4, 0.5) is 18.0 Å². The summed E-state index contributed by atoms with van der Waals surface area (Å²) in [5, 5.41) is 22.5. The summed E-state index contributed by atoms with van der Waals surface area (Å²) in [5.41, 5.74) is 0.768. The van der Waals surface area contributed by atoms with Crippen molar-refractivity contribution in [1.29, 1.82) is 0 Å². The van der Waals surface area contributed by atoms with Crippen LogP contribution >= 0.6 is 23.2 Å². The number of nitrogens with one attached hydrogen (secondary N) is 1. The van der Waals surface area contributed by atoms with Crippen molar-refractivity contribution < 1.29 is 37.7 Å². The molecular weight excluding hydrogens is 710 g/mol. The third kappa shape index (κ3) is 9.32. The number of carbonyl (C=O) groups is 2. The van der Waals surface area contributed by atoms with Crippen LogP contribution in [0.15, 0.2) is 71.7 Å². The highest BCUT2D eigenvalue weighted by molar-refractivity contribution is 6.30. The van der Waals surface area contributed by atoms with Crippen molar-refractivity contribution >= 4 is 41.0 Å². The first-order chi connectivity index (χ1) is 24.4. The standard InChI is InChI=1S/C36H40Cl2F3N5O5/c1-2-51-30-21-25(36(39,40)41)7-12-29(30)34-43-32(23-3-8-26(37)9-4-23)33(24-5-10-27(38)11-6-24)46(34)35(50)45-15-13-28(14-16-45)42-31(49)22-44(17-19-47)18-20-48/h3-12,21,28,32-33,47-48H,2,13-20,22H2,1H3,(H,42,49). The van der Waals surface area contributed by atoms with E-state index in [0.29, 0.717) is 28.5 Å². The molecule has 3 aromatic rings. The first-order valence-corrected chi connectivity index (χ1v) is 17.4.